The van der Waals surface area contributed by atoms with Crippen LogP contribution in [0.2, 0.25) is 0 Å². The van der Waals surface area contributed by atoms with Gasteiger partial charge in [0.15, 0.2) is 17.5 Å². The van der Waals surface area contributed by atoms with Gasteiger partial charge in [-0.25, -0.2) is 0 Å². The van der Waals surface area contributed by atoms with E-state index in [0.29, 0.717) is 18.7 Å². The Balaban J connectivity index is 0.00000392. The maximum atomic E-state index is 10.2. The Kier molecular flexibility index (Phi) is 12.3. The van der Waals surface area contributed by atoms with Gasteiger partial charge in [-0.2, -0.15) is 0 Å². The number of benzene rings is 1. The molecule has 1 atom stereocenters. The summed E-state index contributed by atoms with van der Waals surface area (Å²) in [7, 11) is 1.57. The first-order chi connectivity index (χ1) is 13.2. The number of guanidine groups is 1. The third kappa shape index (κ3) is 7.66. The molecule has 1 heterocycles. The minimum atomic E-state index is 0. The number of hydrogen-bond donors (Lipinski definition) is 3. The number of nitrogens with one attached hydrogen (secondary N) is 2. The third-order valence-electron chi connectivity index (χ3n) is 5.21. The van der Waals surface area contributed by atoms with Crippen molar-refractivity contribution in [3.05, 3.63) is 23.8 Å². The van der Waals surface area contributed by atoms with Crippen LogP contribution in [-0.4, -0.2) is 61.8 Å². The molecule has 2 rings (SSSR count). The molecule has 7 heteroatoms. The summed E-state index contributed by atoms with van der Waals surface area (Å²) in [5.74, 6) is 1.57. The molecule has 0 radical (unpaired) electrons. The normalized spacial score (nSPS) is 17.7. The number of methoxy groups -OCH3 is 1. The van der Waals surface area contributed by atoms with Gasteiger partial charge in [0.25, 0.3) is 0 Å². The van der Waals surface area contributed by atoms with Crippen molar-refractivity contribution in [2.45, 2.75) is 52.0 Å². The summed E-state index contributed by atoms with van der Waals surface area (Å²) in [5, 5.41) is 16.9. The molecule has 1 aromatic rings. The van der Waals surface area contributed by atoms with E-state index in [4.69, 9.17) is 9.73 Å². The van der Waals surface area contributed by atoms with Gasteiger partial charge in [0.2, 0.25) is 0 Å². The van der Waals surface area contributed by atoms with Crippen LogP contribution in [0.15, 0.2) is 23.2 Å². The van der Waals surface area contributed by atoms with Crippen LogP contribution < -0.4 is 15.4 Å². The lowest BCUT2D eigenvalue weighted by Crippen LogP contribution is -2.42. The Labute approximate surface area is 187 Å². The van der Waals surface area contributed by atoms with Gasteiger partial charge in [0, 0.05) is 25.7 Å². The molecule has 0 aromatic heterocycles. The van der Waals surface area contributed by atoms with Crippen LogP contribution >= 0.6 is 24.0 Å². The molecule has 3 N–H and O–H groups in total. The summed E-state index contributed by atoms with van der Waals surface area (Å²) in [6.07, 6.45) is 5.92. The van der Waals surface area contributed by atoms with Crippen LogP contribution in [0.25, 0.3) is 0 Å². The number of aromatic hydroxyl groups is 1. The van der Waals surface area contributed by atoms with Crippen molar-refractivity contribution in [2.75, 3.05) is 39.8 Å². The summed E-state index contributed by atoms with van der Waals surface area (Å²) in [4.78, 5) is 7.32. The Hall–Kier alpha value is -1.22. The smallest absolute Gasteiger partial charge is 0.191 e. The second kappa shape index (κ2) is 13.9. The third-order valence-corrected chi connectivity index (χ3v) is 5.21. The molecule has 6 nitrogen and oxygen atoms in total. The van der Waals surface area contributed by atoms with Crippen LogP contribution in [0.5, 0.6) is 11.5 Å². The first-order valence-electron chi connectivity index (χ1n) is 10.3. The number of nitrogens with zero attached hydrogens (tertiary/aromatic N) is 2. The van der Waals surface area contributed by atoms with Crippen LogP contribution in [-0.2, 0) is 6.42 Å². The summed E-state index contributed by atoms with van der Waals surface area (Å²) in [6, 6.07) is 6.31. The van der Waals surface area contributed by atoms with E-state index in [2.05, 4.69) is 29.4 Å². The Morgan fingerprint density at radius 1 is 1.29 bits per heavy atom. The van der Waals surface area contributed by atoms with Gasteiger partial charge in [0.05, 0.1) is 13.7 Å². The van der Waals surface area contributed by atoms with Gasteiger partial charge in [-0.15, -0.1) is 24.0 Å². The average Bonchev–Trinajstić information content (AvgIpc) is 2.69. The first kappa shape index (κ1) is 24.8. The molecule has 28 heavy (non-hydrogen) atoms. The molecule has 0 saturated carbocycles. The van der Waals surface area contributed by atoms with Gasteiger partial charge in [-0.3, -0.25) is 9.89 Å². The van der Waals surface area contributed by atoms with E-state index in [9.17, 15) is 5.11 Å². The summed E-state index contributed by atoms with van der Waals surface area (Å²) in [5.41, 5.74) is 0.872. The number of likely N-dealkylation sites (tertiary alicyclic amines) is 1. The van der Waals surface area contributed by atoms with E-state index in [1.807, 2.05) is 12.1 Å². The van der Waals surface area contributed by atoms with Gasteiger partial charge < -0.3 is 20.5 Å². The maximum absolute atomic E-state index is 10.2. The zero-order chi connectivity index (χ0) is 19.5. The number of phenols is 1. The number of hydrogen-bond acceptors (Lipinski definition) is 4. The lowest BCUT2D eigenvalue weighted by molar-refractivity contribution is 0.148. The van der Waals surface area contributed by atoms with Crippen LogP contribution in [0.1, 0.15) is 45.1 Å². The van der Waals surface area contributed by atoms with Crippen molar-refractivity contribution in [1.29, 1.82) is 0 Å². The molecular formula is C21H37IN4O2. The van der Waals surface area contributed by atoms with Crippen molar-refractivity contribution >= 4 is 29.9 Å². The molecule has 0 amide bonds. The van der Waals surface area contributed by atoms with E-state index < -0.39 is 0 Å². The highest BCUT2D eigenvalue weighted by atomic mass is 127. The topological polar surface area (TPSA) is 69.1 Å². The monoisotopic (exact) mass is 504 g/mol. The molecule has 160 valence electrons. The van der Waals surface area contributed by atoms with E-state index in [-0.39, 0.29) is 29.7 Å². The maximum Gasteiger partial charge on any atom is 0.191 e. The standard InChI is InChI=1S/C21H36N4O2.HI/c1-4-18-10-6-7-15-25(18)16-14-24-21(22-5-2)23-13-12-17-9-8-11-19(27-3)20(17)26;/h8-9,11,18,26H,4-7,10,12-16H2,1-3H3,(H2,22,23,24);1H. The van der Waals surface area contributed by atoms with Crippen LogP contribution in [0, 0.1) is 0 Å². The lowest BCUT2D eigenvalue weighted by atomic mass is 10.0. The highest BCUT2D eigenvalue weighted by molar-refractivity contribution is 14.0. The number of halogens is 1. The average molecular weight is 504 g/mol. The lowest BCUT2D eigenvalue weighted by Gasteiger charge is -2.34. The van der Waals surface area contributed by atoms with Crippen LogP contribution in [0.3, 0.4) is 0 Å². The summed E-state index contributed by atoms with van der Waals surface area (Å²) in [6.45, 7) is 8.91. The second-order valence-electron chi connectivity index (χ2n) is 7.00. The molecule has 0 aliphatic carbocycles. The molecule has 1 aromatic carbocycles. The van der Waals surface area contributed by atoms with Gasteiger partial charge in [-0.1, -0.05) is 25.5 Å². The highest BCUT2D eigenvalue weighted by Crippen LogP contribution is 2.29. The molecule has 0 spiro atoms. The predicted octanol–water partition coefficient (Wildman–Crippen LogP) is 3.38. The van der Waals surface area contributed by atoms with Gasteiger partial charge >= 0.3 is 0 Å². The minimum Gasteiger partial charge on any atom is -0.504 e. The predicted molar refractivity (Wildman–Crippen MR) is 127 cm³/mol. The Bertz CT molecular complexity index is 598. The zero-order valence-electron chi connectivity index (χ0n) is 17.5. The van der Waals surface area contributed by atoms with Crippen LogP contribution in [0.4, 0.5) is 0 Å². The molecule has 1 fully saturated rings. The van der Waals surface area contributed by atoms with Crippen molar-refractivity contribution in [2.24, 2.45) is 4.99 Å². The molecule has 0 bridgehead atoms. The number of rotatable bonds is 9. The number of aliphatic imine (C=N–C) groups is 1. The SMILES string of the molecule is CCNC(=NCCN1CCCCC1CC)NCCc1cccc(OC)c1O.I. The fourth-order valence-corrected chi connectivity index (χ4v) is 3.70. The van der Waals surface area contributed by atoms with E-state index >= 15 is 0 Å². The Morgan fingerprint density at radius 3 is 2.82 bits per heavy atom. The molecule has 1 aliphatic heterocycles. The molecule has 1 saturated heterocycles. The van der Waals surface area contributed by atoms with Crippen molar-refractivity contribution in [3.63, 3.8) is 0 Å². The van der Waals surface area contributed by atoms with Gasteiger partial charge in [0.1, 0.15) is 0 Å². The minimum absolute atomic E-state index is 0. The number of piperidine rings is 1. The van der Waals surface area contributed by atoms with E-state index in [1.165, 1.54) is 32.2 Å². The number of ether oxygens (including phenoxy) is 1. The largest absolute Gasteiger partial charge is 0.504 e. The molecule has 1 aliphatic rings. The number of para-hydroxylation sites is 1. The zero-order valence-corrected chi connectivity index (χ0v) is 19.9. The van der Waals surface area contributed by atoms with Gasteiger partial charge in [-0.05, 0) is 50.8 Å². The van der Waals surface area contributed by atoms with Crippen molar-refractivity contribution < 1.29 is 9.84 Å². The molecule has 1 unspecified atom stereocenters. The summed E-state index contributed by atoms with van der Waals surface area (Å²) < 4.78 is 5.17. The fraction of sp³-hybridized carbons (Fsp3) is 0.667. The summed E-state index contributed by atoms with van der Waals surface area (Å²) >= 11 is 0. The van der Waals surface area contributed by atoms with E-state index in [1.54, 1.807) is 13.2 Å². The van der Waals surface area contributed by atoms with Crippen molar-refractivity contribution in [3.8, 4) is 11.5 Å². The Morgan fingerprint density at radius 2 is 2.11 bits per heavy atom. The highest BCUT2D eigenvalue weighted by Gasteiger charge is 2.19. The molecular weight excluding hydrogens is 467 g/mol. The first-order valence-corrected chi connectivity index (χ1v) is 10.3. The second-order valence-corrected chi connectivity index (χ2v) is 7.00. The fourth-order valence-electron chi connectivity index (χ4n) is 3.70. The quantitative estimate of drug-likeness (QED) is 0.273. The van der Waals surface area contributed by atoms with E-state index in [0.717, 1.165) is 37.2 Å². The van der Waals surface area contributed by atoms with Crippen molar-refractivity contribution in [1.82, 2.24) is 15.5 Å². The number of phenolic OH excluding ortho intramolecular Hbond substituents is 1.